The number of likely N-dealkylation sites (N-methyl/N-ethyl adjacent to an activating group) is 1. The molecule has 1 spiro atoms. The topological polar surface area (TPSA) is 280 Å². The molecule has 0 radical (unpaired) electrons. The van der Waals surface area contributed by atoms with Gasteiger partial charge in [-0.25, -0.2) is 9.59 Å². The Morgan fingerprint density at radius 1 is 0.954 bits per heavy atom. The predicted molar refractivity (Wildman–Crippen MR) is 329 cm³/mol. The predicted octanol–water partition coefficient (Wildman–Crippen LogP) is 5.61. The van der Waals surface area contributed by atoms with Crippen LogP contribution in [0.2, 0.25) is 0 Å². The first-order valence-corrected chi connectivity index (χ1v) is 31.1. The molecule has 5 aliphatic rings. The normalized spacial score (nSPS) is 28.3. The number of aromatic nitrogens is 1. The van der Waals surface area contributed by atoms with Crippen LogP contribution in [0.5, 0.6) is 5.75 Å². The van der Waals surface area contributed by atoms with Crippen molar-refractivity contribution in [3.63, 3.8) is 0 Å². The molecule has 87 heavy (non-hydrogen) atoms. The number of carbonyl (C=O) groups excluding carboxylic acids is 5. The van der Waals surface area contributed by atoms with E-state index in [0.29, 0.717) is 85.7 Å². The zero-order chi connectivity index (χ0) is 63.6. The van der Waals surface area contributed by atoms with Gasteiger partial charge >= 0.3 is 17.9 Å². The quantitative estimate of drug-likeness (QED) is 0.0200. The minimum absolute atomic E-state index is 0.0393. The van der Waals surface area contributed by atoms with Crippen molar-refractivity contribution in [2.24, 2.45) is 16.7 Å². The highest BCUT2D eigenvalue weighted by molar-refractivity contribution is 6.26. The van der Waals surface area contributed by atoms with Gasteiger partial charge < -0.3 is 74.7 Å². The summed E-state index contributed by atoms with van der Waals surface area (Å²) in [5.74, 6) is -3.17. The largest absolute Gasteiger partial charge is 0.496 e. The molecule has 1 aromatic heterocycles. The molecule has 11 atom stereocenters. The van der Waals surface area contributed by atoms with Crippen LogP contribution < -0.4 is 25.6 Å². The molecule has 1 aliphatic carbocycles. The molecule has 21 heteroatoms. The molecular weight excluding hydrogens is 1120 g/mol. The van der Waals surface area contributed by atoms with Crippen LogP contribution in [0.3, 0.4) is 0 Å². The summed E-state index contributed by atoms with van der Waals surface area (Å²) in [4.78, 5) is 76.6. The molecule has 2 amide bonds. The average molecular weight is 1210 g/mol. The highest BCUT2D eigenvalue weighted by atomic mass is 16.7. The smallest absolute Gasteiger partial charge is 0.340 e. The fraction of sp³-hybridized carbons (Fsp3) is 0.652. The number of esters is 3. The van der Waals surface area contributed by atoms with Crippen LogP contribution in [-0.2, 0) is 59.5 Å². The molecule has 6 unspecified atom stereocenters. The third kappa shape index (κ3) is 13.1. The average Bonchev–Trinajstić information content (AvgIpc) is 1.53. The number of benzene rings is 2. The number of methoxy groups -OCH3 is 2. The lowest BCUT2D eigenvalue weighted by atomic mass is 9.47. The zero-order valence-electron chi connectivity index (χ0n) is 53.4. The van der Waals surface area contributed by atoms with Crippen LogP contribution in [0.1, 0.15) is 143 Å². The van der Waals surface area contributed by atoms with Gasteiger partial charge in [-0.3, -0.25) is 19.3 Å². The molecule has 5 heterocycles. The Kier molecular flexibility index (Phi) is 20.5. The van der Waals surface area contributed by atoms with Gasteiger partial charge in [-0.05, 0) is 126 Å². The molecule has 8 N–H and O–H groups in total. The standard InChI is InChI=1S/C66H96N6O15/c1-14-63(80)35-39(3)52(53(56(77)83-13)54-42(25-29-67-38-63)41-21-16-17-22-45(41)70-54)43-33-44-46(34-47(43)82-12)71(11)58-65(44)27-31-72-30-19-26-64(15-2,57(65)72)59(78)66(58,81)60(79)68-28-20-32-84-55(76)40(4)69-49(74)23-18-24-50(75)85-37-51(87-62(8,9)10)86-48(36-73)61(5,6)7/h16-17,19,21-22,26,33-34,39-40,48,51,57-59,67,70,73,78,80-81H,14-15,18,20,23-25,27-32,35-38H2,1-13H3,(H,68,79)(H,69,74)/b53-52-/t39-,40?,48?,51?,57?,58?,59-,63?,64-,65-,66+/m1/s1. The molecule has 0 bridgehead atoms. The second kappa shape index (κ2) is 26.7. The molecule has 8 rings (SSSR count). The van der Waals surface area contributed by atoms with Gasteiger partial charge in [0.2, 0.25) is 5.91 Å². The summed E-state index contributed by atoms with van der Waals surface area (Å²) in [6.45, 7) is 20.1. The number of rotatable bonds is 22. The summed E-state index contributed by atoms with van der Waals surface area (Å²) in [6, 6.07) is 9.48. The lowest BCUT2D eigenvalue weighted by Gasteiger charge is -2.63. The number of para-hydroxylation sites is 1. The Hall–Kier alpha value is -5.91. The van der Waals surface area contributed by atoms with E-state index in [4.69, 9.17) is 28.4 Å². The number of anilines is 1. The molecule has 3 aromatic rings. The van der Waals surface area contributed by atoms with Gasteiger partial charge in [-0.15, -0.1) is 0 Å². The van der Waals surface area contributed by atoms with Crippen molar-refractivity contribution in [2.45, 2.75) is 186 Å². The van der Waals surface area contributed by atoms with E-state index in [1.807, 2.05) is 117 Å². The number of nitrogens with one attached hydrogen (secondary N) is 4. The number of allylic oxidation sites excluding steroid dienone is 1. The van der Waals surface area contributed by atoms with Crippen molar-refractivity contribution in [2.75, 3.05) is 78.7 Å². The van der Waals surface area contributed by atoms with E-state index in [1.165, 1.54) is 14.0 Å². The van der Waals surface area contributed by atoms with E-state index in [-0.39, 0.29) is 64.5 Å². The molecule has 1 saturated heterocycles. The Morgan fingerprint density at radius 2 is 1.69 bits per heavy atom. The number of nitrogens with zero attached hydrogens (tertiary/aromatic N) is 2. The van der Waals surface area contributed by atoms with Crippen LogP contribution >= 0.6 is 0 Å². The first-order valence-electron chi connectivity index (χ1n) is 31.1. The van der Waals surface area contributed by atoms with Gasteiger partial charge in [0.1, 0.15) is 24.5 Å². The first kappa shape index (κ1) is 67.0. The number of aliphatic hydroxyl groups is 4. The molecule has 4 aliphatic heterocycles. The Morgan fingerprint density at radius 3 is 2.36 bits per heavy atom. The summed E-state index contributed by atoms with van der Waals surface area (Å²) in [5.41, 5.74) is -1.29. The number of fused-ring (bicyclic) bond motifs is 4. The summed E-state index contributed by atoms with van der Waals surface area (Å²) >= 11 is 0. The third-order valence-electron chi connectivity index (χ3n) is 18.9. The van der Waals surface area contributed by atoms with E-state index in [0.717, 1.165) is 22.0 Å². The summed E-state index contributed by atoms with van der Waals surface area (Å²) in [7, 11) is 4.77. The minimum atomic E-state index is -2.42. The van der Waals surface area contributed by atoms with Gasteiger partial charge in [0.15, 0.2) is 11.9 Å². The van der Waals surface area contributed by atoms with Crippen LogP contribution in [0.4, 0.5) is 5.69 Å². The number of hydrogen-bond donors (Lipinski definition) is 8. The van der Waals surface area contributed by atoms with Crippen molar-refractivity contribution in [3.8, 4) is 5.75 Å². The summed E-state index contributed by atoms with van der Waals surface area (Å²) in [5, 5.41) is 58.8. The van der Waals surface area contributed by atoms with E-state index in [1.54, 1.807) is 7.11 Å². The van der Waals surface area contributed by atoms with Crippen molar-refractivity contribution >= 4 is 57.5 Å². The number of aliphatic hydroxyl groups excluding tert-OH is 2. The Balaban J connectivity index is 1.00. The molecule has 480 valence electrons. The lowest BCUT2D eigenvalue weighted by molar-refractivity contribution is -0.251. The number of amides is 2. The SMILES string of the molecule is CCC1(O)CNCCc2c([nH]c3ccccc23)/C(C(=O)OC)=C(/c2cc3c(cc2OC)N(C)C2[C@]34CCN3CC=C[C@](CC)(C34)[C@@H](O)[C@]2(O)C(=O)NCCCOC(=O)C(C)NC(=O)CCCC(=O)OCC(OC(CO)C(C)(C)C)OC(C)(C)C)[C@H](C)C1. The Bertz CT molecular complexity index is 3070. The van der Waals surface area contributed by atoms with Crippen molar-refractivity contribution in [1.29, 1.82) is 0 Å². The summed E-state index contributed by atoms with van der Waals surface area (Å²) in [6.07, 6.45) is 3.16. The van der Waals surface area contributed by atoms with Gasteiger partial charge in [-0.2, -0.15) is 0 Å². The van der Waals surface area contributed by atoms with Crippen molar-refractivity contribution in [3.05, 3.63) is 70.9 Å². The van der Waals surface area contributed by atoms with E-state index in [9.17, 15) is 39.6 Å². The lowest BCUT2D eigenvalue weighted by Crippen LogP contribution is -2.81. The zero-order valence-corrected chi connectivity index (χ0v) is 53.4. The van der Waals surface area contributed by atoms with Gasteiger partial charge in [0, 0.05) is 84.6 Å². The maximum Gasteiger partial charge on any atom is 0.340 e. The molecule has 2 fully saturated rings. The monoisotopic (exact) mass is 1210 g/mol. The number of carbonyl (C=O) groups is 5. The van der Waals surface area contributed by atoms with Crippen LogP contribution in [0, 0.1) is 16.7 Å². The fourth-order valence-electron chi connectivity index (χ4n) is 14.7. The second-order valence-electron chi connectivity index (χ2n) is 26.7. The fourth-order valence-corrected chi connectivity index (χ4v) is 14.7. The van der Waals surface area contributed by atoms with Crippen LogP contribution in [-0.4, -0.2) is 187 Å². The second-order valence-corrected chi connectivity index (χ2v) is 26.7. The van der Waals surface area contributed by atoms with Gasteiger partial charge in [0.05, 0.1) is 62.0 Å². The number of hydrogen-bond acceptors (Lipinski definition) is 18. The van der Waals surface area contributed by atoms with E-state index < -0.39 is 99.3 Å². The maximum absolute atomic E-state index is 15.2. The molecular formula is C66H96N6O15. The summed E-state index contributed by atoms with van der Waals surface area (Å²) < 4.78 is 35.0. The van der Waals surface area contributed by atoms with Crippen molar-refractivity contribution < 1.29 is 72.8 Å². The molecule has 21 nitrogen and oxygen atoms in total. The molecule has 1 saturated carbocycles. The Labute approximate surface area is 512 Å². The van der Waals surface area contributed by atoms with E-state index >= 15 is 4.79 Å². The first-order chi connectivity index (χ1) is 41.1. The minimum Gasteiger partial charge on any atom is -0.496 e. The number of β-amino-alcohol motifs (C(OH)–C–C–N with tert-alkyl or cyclic N) is 1. The third-order valence-corrected chi connectivity index (χ3v) is 18.9. The maximum atomic E-state index is 15.2. The van der Waals surface area contributed by atoms with E-state index in [2.05, 4.69) is 31.9 Å². The number of ether oxygens (including phenoxy) is 6. The van der Waals surface area contributed by atoms with Crippen molar-refractivity contribution in [1.82, 2.24) is 25.8 Å². The van der Waals surface area contributed by atoms with Gasteiger partial charge in [-0.1, -0.05) is 71.9 Å². The van der Waals surface area contributed by atoms with Crippen LogP contribution in [0.25, 0.3) is 22.0 Å². The number of aromatic amines is 1. The highest BCUT2D eigenvalue weighted by Crippen LogP contribution is 2.67. The molecule has 2 aromatic carbocycles. The number of H-pyrrole nitrogens is 1. The highest BCUT2D eigenvalue weighted by Gasteiger charge is 2.78. The van der Waals surface area contributed by atoms with Gasteiger partial charge in [0.25, 0.3) is 5.91 Å². The van der Waals surface area contributed by atoms with Crippen LogP contribution in [0.15, 0.2) is 48.6 Å².